The van der Waals surface area contributed by atoms with E-state index in [9.17, 15) is 18.1 Å². The zero-order chi connectivity index (χ0) is 22.8. The summed E-state index contributed by atoms with van der Waals surface area (Å²) in [4.78, 5) is 15.9. The van der Waals surface area contributed by atoms with E-state index >= 15 is 0 Å². The summed E-state index contributed by atoms with van der Waals surface area (Å²) in [6, 6.07) is 7.43. The Kier molecular flexibility index (Phi) is 6.80. The van der Waals surface area contributed by atoms with E-state index in [0.29, 0.717) is 17.0 Å². The molecule has 0 aliphatic carbocycles. The van der Waals surface area contributed by atoms with Crippen LogP contribution in [0.15, 0.2) is 40.9 Å². The molecular formula is C21H22F2N2O5S. The van der Waals surface area contributed by atoms with Crippen LogP contribution in [0.25, 0.3) is 0 Å². The van der Waals surface area contributed by atoms with Crippen molar-refractivity contribution in [2.45, 2.75) is 44.7 Å². The van der Waals surface area contributed by atoms with Crippen LogP contribution in [-0.4, -0.2) is 39.7 Å². The van der Waals surface area contributed by atoms with E-state index in [1.54, 1.807) is 39.0 Å². The van der Waals surface area contributed by atoms with Gasteiger partial charge >= 0.3 is 12.6 Å². The minimum atomic E-state index is -2.98. The molecule has 0 spiro atoms. The summed E-state index contributed by atoms with van der Waals surface area (Å²) in [6.45, 7) is 2.43. The van der Waals surface area contributed by atoms with Gasteiger partial charge in [0.25, 0.3) is 0 Å². The zero-order valence-electron chi connectivity index (χ0n) is 17.4. The summed E-state index contributed by atoms with van der Waals surface area (Å²) in [7, 11) is 1.27. The lowest BCUT2D eigenvalue weighted by Gasteiger charge is -2.28. The Labute approximate surface area is 181 Å². The fourth-order valence-corrected chi connectivity index (χ4v) is 3.46. The lowest BCUT2D eigenvalue weighted by molar-refractivity contribution is -0.0500. The van der Waals surface area contributed by atoms with E-state index < -0.39 is 34.8 Å². The van der Waals surface area contributed by atoms with Gasteiger partial charge in [-0.2, -0.15) is 8.78 Å². The first-order valence-corrected chi connectivity index (χ1v) is 10.5. The van der Waals surface area contributed by atoms with Crippen LogP contribution in [0.3, 0.4) is 0 Å². The van der Waals surface area contributed by atoms with Gasteiger partial charge < -0.3 is 18.8 Å². The number of methoxy groups -OCH3 is 1. The third-order valence-corrected chi connectivity index (χ3v) is 5.83. The first-order valence-electron chi connectivity index (χ1n) is 9.38. The molecular weight excluding hydrogens is 430 g/mol. The molecule has 3 rings (SSSR count). The number of benzene rings is 1. The lowest BCUT2D eigenvalue weighted by atomic mass is 9.97. The van der Waals surface area contributed by atoms with Crippen molar-refractivity contribution in [1.82, 2.24) is 4.98 Å². The van der Waals surface area contributed by atoms with Crippen molar-refractivity contribution in [2.75, 3.05) is 7.11 Å². The number of ether oxygens (including phenoxy) is 3. The first kappa shape index (κ1) is 23.0. The van der Waals surface area contributed by atoms with Gasteiger partial charge in [0.15, 0.2) is 0 Å². The van der Waals surface area contributed by atoms with Gasteiger partial charge in [-0.1, -0.05) is 4.40 Å². The number of pyridine rings is 1. The Morgan fingerprint density at radius 2 is 2.06 bits per heavy atom. The van der Waals surface area contributed by atoms with Gasteiger partial charge in [-0.05, 0) is 45.0 Å². The number of carbonyl (C=O) groups is 1. The average Bonchev–Trinajstić information content (AvgIpc) is 2.71. The van der Waals surface area contributed by atoms with Gasteiger partial charge in [-0.15, -0.1) is 0 Å². The Bertz CT molecular complexity index is 977. The maximum Gasteiger partial charge on any atom is 0.387 e. The molecule has 0 bridgehead atoms. The summed E-state index contributed by atoms with van der Waals surface area (Å²) in [5.41, 5.74) is 1.81. The molecule has 166 valence electrons. The third kappa shape index (κ3) is 5.50. The largest absolute Gasteiger partial charge is 0.591 e. The van der Waals surface area contributed by atoms with Crippen LogP contribution in [-0.2, 0) is 16.1 Å². The predicted octanol–water partition coefficient (Wildman–Crippen LogP) is 4.24. The van der Waals surface area contributed by atoms with Gasteiger partial charge in [0.2, 0.25) is 0 Å². The Hall–Kier alpha value is -2.72. The second-order valence-corrected chi connectivity index (χ2v) is 9.62. The van der Waals surface area contributed by atoms with Crippen molar-refractivity contribution in [3.05, 3.63) is 53.3 Å². The lowest BCUT2D eigenvalue weighted by Crippen LogP contribution is -2.29. The minimum absolute atomic E-state index is 0.0697. The number of halogens is 2. The van der Waals surface area contributed by atoms with Crippen LogP contribution < -0.4 is 9.47 Å². The van der Waals surface area contributed by atoms with E-state index in [1.165, 1.54) is 25.4 Å². The van der Waals surface area contributed by atoms with Crippen LogP contribution in [0.1, 0.15) is 54.9 Å². The van der Waals surface area contributed by atoms with Gasteiger partial charge in [0.1, 0.15) is 39.4 Å². The van der Waals surface area contributed by atoms with Gasteiger partial charge in [0.05, 0.1) is 18.4 Å². The topological polar surface area (TPSA) is 93.1 Å². The molecule has 0 saturated heterocycles. The number of esters is 1. The Morgan fingerprint density at radius 1 is 1.32 bits per heavy atom. The highest BCUT2D eigenvalue weighted by Crippen LogP contribution is 2.38. The highest BCUT2D eigenvalue weighted by Gasteiger charge is 2.33. The number of hydrogen-bond acceptors (Lipinski definition) is 7. The summed E-state index contributed by atoms with van der Waals surface area (Å²) < 4.78 is 56.8. The molecule has 10 heteroatoms. The van der Waals surface area contributed by atoms with Crippen molar-refractivity contribution in [3.8, 4) is 11.5 Å². The third-order valence-electron chi connectivity index (χ3n) is 4.39. The van der Waals surface area contributed by atoms with Crippen LogP contribution in [0.5, 0.6) is 11.5 Å². The quantitative estimate of drug-likeness (QED) is 0.498. The molecule has 1 aliphatic heterocycles. The molecule has 0 radical (unpaired) electrons. The van der Waals surface area contributed by atoms with Crippen molar-refractivity contribution in [1.29, 1.82) is 0 Å². The number of alkyl halides is 2. The molecule has 0 saturated carbocycles. The fourth-order valence-electron chi connectivity index (χ4n) is 2.82. The number of aromatic nitrogens is 1. The fraction of sp³-hybridized carbons (Fsp3) is 0.381. The monoisotopic (exact) mass is 452 g/mol. The molecule has 0 fully saturated rings. The highest BCUT2D eigenvalue weighted by molar-refractivity contribution is 7.91. The molecule has 2 aromatic rings. The molecule has 7 nitrogen and oxygen atoms in total. The van der Waals surface area contributed by atoms with Gasteiger partial charge in [0, 0.05) is 24.2 Å². The first-order chi connectivity index (χ1) is 14.6. The highest BCUT2D eigenvalue weighted by atomic mass is 32.2. The van der Waals surface area contributed by atoms with E-state index in [2.05, 4.69) is 18.9 Å². The van der Waals surface area contributed by atoms with Crippen LogP contribution in [0.4, 0.5) is 8.78 Å². The predicted molar refractivity (Wildman–Crippen MR) is 111 cm³/mol. The normalized spacial score (nSPS) is 18.3. The molecule has 2 atom stereocenters. The summed E-state index contributed by atoms with van der Waals surface area (Å²) in [6.07, 6.45) is 0.992. The van der Waals surface area contributed by atoms with E-state index in [0.717, 1.165) is 0 Å². The maximum absolute atomic E-state index is 12.6. The Morgan fingerprint density at radius 3 is 2.65 bits per heavy atom. The van der Waals surface area contributed by atoms with E-state index in [4.69, 9.17) is 4.74 Å². The summed E-state index contributed by atoms with van der Waals surface area (Å²) in [5.74, 6) is -0.330. The Balaban J connectivity index is 1.99. The van der Waals surface area contributed by atoms with Crippen LogP contribution in [0, 0.1) is 0 Å². The van der Waals surface area contributed by atoms with Crippen molar-refractivity contribution >= 4 is 23.0 Å². The number of nitrogens with zero attached hydrogens (tertiary/aromatic N) is 2. The van der Waals surface area contributed by atoms with Crippen LogP contribution >= 0.6 is 0 Å². The zero-order valence-corrected chi connectivity index (χ0v) is 18.2. The smallest absolute Gasteiger partial charge is 0.387 e. The summed E-state index contributed by atoms with van der Waals surface area (Å²) in [5, 5.41) is 0. The average molecular weight is 452 g/mol. The van der Waals surface area contributed by atoms with Gasteiger partial charge in [-0.3, -0.25) is 4.98 Å². The SMILES string of the molecule is COC(=O)c1ccc([C@H]2CC(=N[S+]([O-])C(C)(C)C)c3ccc(OC(F)F)cc3O2)nc1. The molecule has 2 heterocycles. The number of fused-ring (bicyclic) bond motifs is 1. The maximum atomic E-state index is 12.6. The number of hydrogen-bond donors (Lipinski definition) is 0. The van der Waals surface area contributed by atoms with Crippen molar-refractivity contribution in [3.63, 3.8) is 0 Å². The molecule has 1 aromatic heterocycles. The molecule has 1 aliphatic rings. The second kappa shape index (κ2) is 9.19. The number of carbonyl (C=O) groups excluding carboxylic acids is 1. The second-order valence-electron chi connectivity index (χ2n) is 7.71. The molecule has 0 amide bonds. The number of rotatable bonds is 5. The van der Waals surface area contributed by atoms with Crippen LogP contribution in [0.2, 0.25) is 0 Å². The standard InChI is InChI=1S/C21H22F2N2O5S/c1-21(2,3)31(27)25-16-10-18(15-8-5-12(11-24-15)19(26)28-4)30-17-9-13(29-20(22)23)6-7-14(16)17/h5-9,11,18,20H,10H2,1-4H3/t18-,31?/m1/s1. The van der Waals surface area contributed by atoms with Crippen molar-refractivity contribution in [2.24, 2.45) is 4.40 Å². The van der Waals surface area contributed by atoms with E-state index in [1.807, 2.05) is 0 Å². The molecule has 1 aromatic carbocycles. The molecule has 1 unspecified atom stereocenters. The minimum Gasteiger partial charge on any atom is -0.591 e. The van der Waals surface area contributed by atoms with Gasteiger partial charge in [-0.25, -0.2) is 4.79 Å². The summed E-state index contributed by atoms with van der Waals surface area (Å²) >= 11 is -1.54. The molecule has 31 heavy (non-hydrogen) atoms. The van der Waals surface area contributed by atoms with Crippen molar-refractivity contribution < 1.29 is 32.3 Å². The van der Waals surface area contributed by atoms with E-state index in [-0.39, 0.29) is 23.5 Å². The molecule has 0 N–H and O–H groups in total.